The smallest absolute Gasteiger partial charge is 0.255 e. The van der Waals surface area contributed by atoms with Gasteiger partial charge in [0.05, 0.1) is 6.54 Å². The number of nitrogens with zero attached hydrogens (tertiary/aromatic N) is 1. The number of phenolic OH excluding ortho intramolecular Hbond substituents is 2. The molecular weight excluding hydrogens is 664 g/mol. The zero-order valence-electron chi connectivity index (χ0n) is 28.5. The largest absolute Gasteiger partial charge is 0.508 e. The summed E-state index contributed by atoms with van der Waals surface area (Å²) < 4.78 is 5.86. The van der Waals surface area contributed by atoms with E-state index < -0.39 is 30.2 Å². The third kappa shape index (κ3) is 7.96. The molecule has 2 heterocycles. The number of amides is 5. The number of ether oxygens (including phenoxy) is 1. The Morgan fingerprint density at radius 2 is 1.48 bits per heavy atom. The summed E-state index contributed by atoms with van der Waals surface area (Å²) in [6, 6.07) is 25.7. The molecule has 0 aliphatic carbocycles. The van der Waals surface area contributed by atoms with Crippen molar-refractivity contribution in [2.24, 2.45) is 0 Å². The number of nitrogens with one attached hydrogen (secondary N) is 3. The van der Waals surface area contributed by atoms with Crippen molar-refractivity contribution in [1.29, 1.82) is 0 Å². The Morgan fingerprint density at radius 1 is 0.846 bits per heavy atom. The highest BCUT2D eigenvalue weighted by molar-refractivity contribution is 6.08. The summed E-state index contributed by atoms with van der Waals surface area (Å²) in [5, 5.41) is 27.4. The lowest BCUT2D eigenvalue weighted by atomic mass is 9.88. The van der Waals surface area contributed by atoms with E-state index >= 15 is 0 Å². The normalized spacial score (nSPS) is 15.8. The monoisotopic (exact) mass is 702 g/mol. The van der Waals surface area contributed by atoms with Gasteiger partial charge in [-0.3, -0.25) is 29.3 Å². The molecule has 4 aromatic rings. The molecule has 12 heteroatoms. The zero-order chi connectivity index (χ0) is 36.8. The molecule has 12 nitrogen and oxygen atoms in total. The first-order valence-electron chi connectivity index (χ1n) is 17.0. The predicted molar refractivity (Wildman–Crippen MR) is 193 cm³/mol. The van der Waals surface area contributed by atoms with Gasteiger partial charge in [-0.25, -0.2) is 0 Å². The molecule has 2 aliphatic rings. The first-order chi connectivity index (χ1) is 25.1. The van der Waals surface area contributed by atoms with Crippen LogP contribution in [0.25, 0.3) is 11.1 Å². The second-order valence-corrected chi connectivity index (χ2v) is 12.5. The Labute approximate surface area is 300 Å². The van der Waals surface area contributed by atoms with Crippen molar-refractivity contribution in [3.63, 3.8) is 0 Å². The molecule has 0 saturated carbocycles. The quantitative estimate of drug-likeness (QED) is 0.0609. The third-order valence-corrected chi connectivity index (χ3v) is 9.04. The predicted octanol–water partition coefficient (Wildman–Crippen LogP) is 4.75. The lowest BCUT2D eigenvalue weighted by Crippen LogP contribution is -2.52. The van der Waals surface area contributed by atoms with Gasteiger partial charge < -0.3 is 30.5 Å². The van der Waals surface area contributed by atoms with Crippen LogP contribution in [0.4, 0.5) is 5.69 Å². The maximum Gasteiger partial charge on any atom is 0.255 e. The number of aromatic hydroxyl groups is 2. The molecule has 52 heavy (non-hydrogen) atoms. The van der Waals surface area contributed by atoms with Crippen LogP contribution < -0.4 is 20.7 Å². The first-order valence-corrected chi connectivity index (χ1v) is 17.0. The van der Waals surface area contributed by atoms with Crippen LogP contribution in [0.3, 0.4) is 0 Å². The number of benzene rings is 4. The summed E-state index contributed by atoms with van der Waals surface area (Å²) in [4.78, 5) is 63.8. The molecule has 4 aromatic carbocycles. The summed E-state index contributed by atoms with van der Waals surface area (Å²) >= 11 is 0. The summed E-state index contributed by atoms with van der Waals surface area (Å²) in [7, 11) is 0. The number of carbonyl (C=O) groups excluding carboxylic acids is 5. The maximum absolute atomic E-state index is 13.1. The van der Waals surface area contributed by atoms with E-state index in [4.69, 9.17) is 4.74 Å². The van der Waals surface area contributed by atoms with Crippen molar-refractivity contribution >= 4 is 46.4 Å². The summed E-state index contributed by atoms with van der Waals surface area (Å²) in [5.74, 6) is -1.39. The van der Waals surface area contributed by atoms with Crippen LogP contribution in [-0.2, 0) is 25.7 Å². The molecule has 266 valence electrons. The van der Waals surface area contributed by atoms with E-state index in [9.17, 15) is 34.2 Å². The molecule has 6 rings (SSSR count). The van der Waals surface area contributed by atoms with Crippen molar-refractivity contribution in [2.45, 2.75) is 45.2 Å². The average Bonchev–Trinajstić information content (AvgIpc) is 3.47. The number of hydrogen-bond donors (Lipinski definition) is 5. The van der Waals surface area contributed by atoms with Gasteiger partial charge in [-0.15, -0.1) is 0 Å². The minimum absolute atomic E-state index is 0.0913. The van der Waals surface area contributed by atoms with E-state index in [1.807, 2.05) is 48.5 Å². The van der Waals surface area contributed by atoms with E-state index in [2.05, 4.69) is 22.9 Å². The van der Waals surface area contributed by atoms with E-state index in [0.29, 0.717) is 29.0 Å². The van der Waals surface area contributed by atoms with Crippen molar-refractivity contribution in [3.05, 3.63) is 119 Å². The Kier molecular flexibility index (Phi) is 10.6. The minimum Gasteiger partial charge on any atom is -0.508 e. The maximum atomic E-state index is 13.1. The number of carbonyl (C=O) groups is 5. The van der Waals surface area contributed by atoms with Crippen molar-refractivity contribution < 1.29 is 38.9 Å². The van der Waals surface area contributed by atoms with Crippen LogP contribution in [0.1, 0.15) is 65.2 Å². The lowest BCUT2D eigenvalue weighted by molar-refractivity contribution is -0.137. The number of anilines is 1. The topological polar surface area (TPSA) is 174 Å². The van der Waals surface area contributed by atoms with Gasteiger partial charge in [0.15, 0.2) is 0 Å². The van der Waals surface area contributed by atoms with Gasteiger partial charge in [0.2, 0.25) is 23.6 Å². The van der Waals surface area contributed by atoms with Crippen LogP contribution in [0.15, 0.2) is 91.0 Å². The van der Waals surface area contributed by atoms with Gasteiger partial charge in [-0.2, -0.15) is 0 Å². The van der Waals surface area contributed by atoms with E-state index in [1.165, 1.54) is 4.90 Å². The first kappa shape index (κ1) is 35.4. The number of imide groups is 1. The SMILES string of the molecule is CCC(=C(c1ccc(O)cc1)c1ccc(OCCNC(=O)CC(=O)Nc2cccc3c2CN(C2CCC(=O)NC2=O)C3=O)cc1)c1ccc(O)cc1. The molecule has 1 fully saturated rings. The van der Waals surface area contributed by atoms with Gasteiger partial charge in [0.25, 0.3) is 5.91 Å². The molecule has 5 amide bonds. The molecule has 2 aliphatic heterocycles. The fourth-order valence-electron chi connectivity index (χ4n) is 6.51. The van der Waals surface area contributed by atoms with Gasteiger partial charge in [-0.1, -0.05) is 49.4 Å². The van der Waals surface area contributed by atoms with Crippen molar-refractivity contribution in [2.75, 3.05) is 18.5 Å². The highest BCUT2D eigenvalue weighted by Crippen LogP contribution is 2.36. The number of piperidine rings is 1. The van der Waals surface area contributed by atoms with E-state index in [1.54, 1.807) is 42.5 Å². The second-order valence-electron chi connectivity index (χ2n) is 12.5. The van der Waals surface area contributed by atoms with Crippen molar-refractivity contribution in [1.82, 2.24) is 15.5 Å². The van der Waals surface area contributed by atoms with E-state index in [0.717, 1.165) is 27.8 Å². The number of phenols is 2. The highest BCUT2D eigenvalue weighted by Gasteiger charge is 2.40. The fourth-order valence-corrected chi connectivity index (χ4v) is 6.51. The van der Waals surface area contributed by atoms with Crippen LogP contribution in [-0.4, -0.2) is 63.8 Å². The molecule has 1 atom stereocenters. The van der Waals surface area contributed by atoms with Crippen LogP contribution >= 0.6 is 0 Å². The summed E-state index contributed by atoms with van der Waals surface area (Å²) in [6.07, 6.45) is 0.627. The number of hydrogen-bond acceptors (Lipinski definition) is 8. The number of allylic oxidation sites excluding steroid dienone is 1. The Hall–Kier alpha value is -6.43. The minimum atomic E-state index is -0.780. The van der Waals surface area contributed by atoms with Crippen molar-refractivity contribution in [3.8, 4) is 17.2 Å². The number of rotatable bonds is 12. The molecule has 0 bridgehead atoms. The van der Waals surface area contributed by atoms with Gasteiger partial charge >= 0.3 is 0 Å². The highest BCUT2D eigenvalue weighted by atomic mass is 16.5. The molecular formula is C40H38N4O8. The average molecular weight is 703 g/mol. The third-order valence-electron chi connectivity index (χ3n) is 9.04. The van der Waals surface area contributed by atoms with Crippen LogP contribution in [0, 0.1) is 0 Å². The van der Waals surface area contributed by atoms with Gasteiger partial charge in [0, 0.05) is 29.8 Å². The molecule has 1 saturated heterocycles. The Balaban J connectivity index is 1.02. The van der Waals surface area contributed by atoms with Crippen LogP contribution in [0.5, 0.6) is 17.2 Å². The molecule has 0 radical (unpaired) electrons. The summed E-state index contributed by atoms with van der Waals surface area (Å²) in [6.45, 7) is 2.47. The summed E-state index contributed by atoms with van der Waals surface area (Å²) in [5.41, 5.74) is 6.13. The van der Waals surface area contributed by atoms with E-state index in [-0.39, 0.29) is 55.9 Å². The zero-order valence-corrected chi connectivity index (χ0v) is 28.5. The van der Waals surface area contributed by atoms with Gasteiger partial charge in [-0.05, 0) is 89.2 Å². The number of fused-ring (bicyclic) bond motifs is 1. The second kappa shape index (κ2) is 15.6. The molecule has 0 aromatic heterocycles. The Bertz CT molecular complexity index is 2040. The lowest BCUT2D eigenvalue weighted by Gasteiger charge is -2.29. The molecule has 5 N–H and O–H groups in total. The Morgan fingerprint density at radius 3 is 2.12 bits per heavy atom. The molecule has 1 unspecified atom stereocenters. The van der Waals surface area contributed by atoms with Crippen LogP contribution in [0.2, 0.25) is 0 Å². The van der Waals surface area contributed by atoms with Gasteiger partial charge in [0.1, 0.15) is 36.3 Å². The molecule has 0 spiro atoms. The fraction of sp³-hybridized carbons (Fsp3) is 0.225. The standard InChI is InChI=1S/C40H38N4O8/c1-2-30(24-6-12-27(45)13-7-24)38(25-8-14-28(46)15-9-25)26-10-16-29(17-11-26)52-21-20-41-36(48)22-37(49)42-33-5-3-4-31-32(33)23-44(40(31)51)34-18-19-35(47)43-39(34)50/h3-17,34,45-46H,2,18-23H2,1H3,(H,41,48)(H,42,49)(H,43,47,50).